The highest BCUT2D eigenvalue weighted by molar-refractivity contribution is 5.43. The molecule has 14 heavy (non-hydrogen) atoms. The average Bonchev–Trinajstić information content (AvgIpc) is 2.21. The largest absolute Gasteiger partial charge is 0.468 e. The summed E-state index contributed by atoms with van der Waals surface area (Å²) in [5, 5.41) is 3.05. The number of carbonyl (C=O) groups is 1. The maximum absolute atomic E-state index is 9.18. The number of carbonyl (C=O) groups excluding carboxylic acids is 1. The van der Waals surface area contributed by atoms with Crippen molar-refractivity contribution in [2.75, 3.05) is 19.0 Å². The molecule has 0 amide bonds. The number of aryl methyl sites for hydroxylation is 1. The molecule has 0 fully saturated rings. The summed E-state index contributed by atoms with van der Waals surface area (Å²) in [7, 11) is 1.92. The smallest absolute Gasteiger partial charge is 0.293 e. The first-order valence-corrected chi connectivity index (χ1v) is 4.54. The summed E-state index contributed by atoms with van der Waals surface area (Å²) in [4.78, 5) is 9.18. The first-order valence-electron chi connectivity index (χ1n) is 4.54. The zero-order chi connectivity index (χ0) is 10.8. The van der Waals surface area contributed by atoms with Crippen LogP contribution in [-0.4, -0.2) is 20.1 Å². The number of ether oxygens (including phenoxy) is 1. The van der Waals surface area contributed by atoms with Gasteiger partial charge in [0.25, 0.3) is 6.47 Å². The lowest BCUT2D eigenvalue weighted by Gasteiger charge is -1.97. The second-order valence-electron chi connectivity index (χ2n) is 2.67. The van der Waals surface area contributed by atoms with Crippen molar-refractivity contribution < 1.29 is 9.53 Å². The normalized spacial score (nSPS) is 8.21. The van der Waals surface area contributed by atoms with Crippen molar-refractivity contribution in [3.05, 3.63) is 29.8 Å². The number of rotatable bonds is 3. The molecule has 78 valence electrons. The zero-order valence-electron chi connectivity index (χ0n) is 8.91. The molecule has 1 rings (SSSR count). The molecule has 0 radical (unpaired) electrons. The van der Waals surface area contributed by atoms with Crippen LogP contribution in [0, 0.1) is 6.92 Å². The standard InChI is InChI=1S/C8H11N.C3H6O2/c1-7-3-5-8(9-2)6-4-7;1-2-5-3-4/h3-6,9H,1-2H3;3H,2H2,1H3. The van der Waals surface area contributed by atoms with Crippen LogP contribution >= 0.6 is 0 Å². The van der Waals surface area contributed by atoms with Gasteiger partial charge < -0.3 is 10.1 Å². The molecule has 0 saturated carbocycles. The van der Waals surface area contributed by atoms with Gasteiger partial charge in [0, 0.05) is 12.7 Å². The van der Waals surface area contributed by atoms with Gasteiger partial charge in [0.15, 0.2) is 0 Å². The lowest BCUT2D eigenvalue weighted by molar-refractivity contribution is -0.128. The highest BCUT2D eigenvalue weighted by Gasteiger charge is 1.83. The Morgan fingerprint density at radius 3 is 2.21 bits per heavy atom. The fourth-order valence-corrected chi connectivity index (χ4v) is 0.788. The summed E-state index contributed by atoms with van der Waals surface area (Å²) in [5.74, 6) is 0. The summed E-state index contributed by atoms with van der Waals surface area (Å²) < 4.78 is 4.15. The SMILES string of the molecule is CCOC=O.CNc1ccc(C)cc1. The van der Waals surface area contributed by atoms with Gasteiger partial charge in [-0.3, -0.25) is 4.79 Å². The van der Waals surface area contributed by atoms with E-state index in [1.54, 1.807) is 6.92 Å². The third-order valence-electron chi connectivity index (χ3n) is 1.57. The first kappa shape index (κ1) is 12.5. The van der Waals surface area contributed by atoms with Gasteiger partial charge >= 0.3 is 0 Å². The average molecular weight is 195 g/mol. The number of hydrogen-bond acceptors (Lipinski definition) is 3. The fraction of sp³-hybridized carbons (Fsp3) is 0.364. The minimum absolute atomic E-state index is 0.431. The minimum atomic E-state index is 0.431. The summed E-state index contributed by atoms with van der Waals surface area (Å²) in [6.45, 7) is 4.75. The van der Waals surface area contributed by atoms with Gasteiger partial charge in [0.1, 0.15) is 0 Å². The molecule has 3 heteroatoms. The quantitative estimate of drug-likeness (QED) is 0.751. The molecule has 0 aliphatic heterocycles. The van der Waals surface area contributed by atoms with E-state index in [2.05, 4.69) is 41.2 Å². The Labute approximate surface area is 85.1 Å². The van der Waals surface area contributed by atoms with Crippen LogP contribution in [0.2, 0.25) is 0 Å². The van der Waals surface area contributed by atoms with Crippen molar-refractivity contribution in [1.82, 2.24) is 0 Å². The highest BCUT2D eigenvalue weighted by atomic mass is 16.5. The van der Waals surface area contributed by atoms with Crippen LogP contribution in [0.5, 0.6) is 0 Å². The highest BCUT2D eigenvalue weighted by Crippen LogP contribution is 2.06. The van der Waals surface area contributed by atoms with Gasteiger partial charge in [0.05, 0.1) is 6.61 Å². The molecule has 0 aromatic heterocycles. The Kier molecular flexibility index (Phi) is 7.23. The molecule has 0 spiro atoms. The molecular weight excluding hydrogens is 178 g/mol. The van der Waals surface area contributed by atoms with E-state index in [1.807, 2.05) is 7.05 Å². The summed E-state index contributed by atoms with van der Waals surface area (Å²) in [5.41, 5.74) is 2.47. The van der Waals surface area contributed by atoms with Crippen molar-refractivity contribution >= 4 is 12.2 Å². The topological polar surface area (TPSA) is 38.3 Å². The first-order chi connectivity index (χ1) is 6.74. The van der Waals surface area contributed by atoms with E-state index in [0.29, 0.717) is 13.1 Å². The van der Waals surface area contributed by atoms with E-state index in [-0.39, 0.29) is 0 Å². The molecule has 0 bridgehead atoms. The minimum Gasteiger partial charge on any atom is -0.468 e. The molecule has 0 heterocycles. The molecule has 0 aliphatic rings. The van der Waals surface area contributed by atoms with E-state index in [1.165, 1.54) is 11.3 Å². The molecule has 0 aliphatic carbocycles. The maximum Gasteiger partial charge on any atom is 0.293 e. The van der Waals surface area contributed by atoms with E-state index in [0.717, 1.165) is 0 Å². The second kappa shape index (κ2) is 8.10. The van der Waals surface area contributed by atoms with Crippen molar-refractivity contribution in [3.8, 4) is 0 Å². The summed E-state index contributed by atoms with van der Waals surface area (Å²) in [6, 6.07) is 8.31. The maximum atomic E-state index is 9.18. The predicted octanol–water partition coefficient (Wildman–Crippen LogP) is 2.22. The monoisotopic (exact) mass is 195 g/mol. The Morgan fingerprint density at radius 2 is 1.93 bits per heavy atom. The lowest BCUT2D eigenvalue weighted by Crippen LogP contribution is -1.85. The van der Waals surface area contributed by atoms with Gasteiger partial charge in [-0.1, -0.05) is 17.7 Å². The van der Waals surface area contributed by atoms with E-state index in [9.17, 15) is 4.79 Å². The summed E-state index contributed by atoms with van der Waals surface area (Å²) >= 11 is 0. The van der Waals surface area contributed by atoms with Crippen LogP contribution in [0.25, 0.3) is 0 Å². The van der Waals surface area contributed by atoms with Crippen LogP contribution in [0.3, 0.4) is 0 Å². The molecule has 1 aromatic carbocycles. The van der Waals surface area contributed by atoms with Crippen LogP contribution < -0.4 is 5.32 Å². The molecule has 0 atom stereocenters. The molecule has 1 aromatic rings. The van der Waals surface area contributed by atoms with Crippen molar-refractivity contribution in [1.29, 1.82) is 0 Å². The van der Waals surface area contributed by atoms with Crippen molar-refractivity contribution in [2.24, 2.45) is 0 Å². The molecule has 0 saturated heterocycles. The predicted molar refractivity (Wildman–Crippen MR) is 58.4 cm³/mol. The number of nitrogens with one attached hydrogen (secondary N) is 1. The fourth-order valence-electron chi connectivity index (χ4n) is 0.788. The third kappa shape index (κ3) is 6.06. The Balaban J connectivity index is 0.000000292. The lowest BCUT2D eigenvalue weighted by atomic mass is 10.2. The van der Waals surface area contributed by atoms with Gasteiger partial charge in [-0.15, -0.1) is 0 Å². The zero-order valence-corrected chi connectivity index (χ0v) is 8.91. The van der Waals surface area contributed by atoms with Crippen LogP contribution in [0.1, 0.15) is 12.5 Å². The van der Waals surface area contributed by atoms with E-state index in [4.69, 9.17) is 0 Å². The molecule has 1 N–H and O–H groups in total. The molecule has 3 nitrogen and oxygen atoms in total. The Hall–Kier alpha value is -1.51. The van der Waals surface area contributed by atoms with Gasteiger partial charge in [-0.2, -0.15) is 0 Å². The van der Waals surface area contributed by atoms with Crippen LogP contribution in [0.4, 0.5) is 5.69 Å². The molecular formula is C11H17NO2. The van der Waals surface area contributed by atoms with Crippen LogP contribution in [0.15, 0.2) is 24.3 Å². The van der Waals surface area contributed by atoms with Gasteiger partial charge in [-0.25, -0.2) is 0 Å². The molecule has 0 unspecified atom stereocenters. The Morgan fingerprint density at radius 1 is 1.36 bits per heavy atom. The Bertz CT molecular complexity index is 244. The van der Waals surface area contributed by atoms with E-state index < -0.39 is 0 Å². The third-order valence-corrected chi connectivity index (χ3v) is 1.57. The van der Waals surface area contributed by atoms with Gasteiger partial charge in [0.2, 0.25) is 0 Å². The summed E-state index contributed by atoms with van der Waals surface area (Å²) in [6.07, 6.45) is 0. The van der Waals surface area contributed by atoms with Crippen molar-refractivity contribution in [2.45, 2.75) is 13.8 Å². The number of benzene rings is 1. The number of anilines is 1. The number of hydrogen-bond donors (Lipinski definition) is 1. The van der Waals surface area contributed by atoms with Crippen molar-refractivity contribution in [3.63, 3.8) is 0 Å². The van der Waals surface area contributed by atoms with E-state index >= 15 is 0 Å². The second-order valence-corrected chi connectivity index (χ2v) is 2.67. The van der Waals surface area contributed by atoms with Gasteiger partial charge in [-0.05, 0) is 26.0 Å². The van der Waals surface area contributed by atoms with Crippen LogP contribution in [-0.2, 0) is 9.53 Å².